The molecule has 94 heavy (non-hydrogen) atoms. The summed E-state index contributed by atoms with van der Waals surface area (Å²) in [6.45, 7) is 18.7. The molecule has 1 aliphatic rings. The monoisotopic (exact) mass is 1350 g/mol. The summed E-state index contributed by atoms with van der Waals surface area (Å²) in [6, 6.07) is 1.57. The molecule has 0 saturated heterocycles. The number of rotatable bonds is 19. The van der Waals surface area contributed by atoms with Gasteiger partial charge in [0.15, 0.2) is 11.9 Å². The molecule has 1 aromatic heterocycles. The van der Waals surface area contributed by atoms with Crippen LogP contribution in [0.3, 0.4) is 0 Å². The Kier molecular flexibility index (Phi) is 37.9. The lowest BCUT2D eigenvalue weighted by Crippen LogP contribution is -2.60. The first kappa shape index (κ1) is 81.2. The van der Waals surface area contributed by atoms with E-state index in [0.29, 0.717) is 58.0 Å². The zero-order valence-corrected chi connectivity index (χ0v) is 57.5. The molecule has 0 radical (unpaired) electrons. The number of benzene rings is 1. The van der Waals surface area contributed by atoms with E-state index in [0.717, 1.165) is 23.5 Å². The molecular formula is C64H102N10O19S. The normalized spacial score (nSPS) is 19.2. The molecular weight excluding hydrogens is 1240 g/mol. The van der Waals surface area contributed by atoms with Crippen molar-refractivity contribution in [2.24, 2.45) is 17.8 Å². The number of ether oxygens (including phenoxy) is 8. The molecule has 1 aromatic carbocycles. The molecule has 0 saturated carbocycles. The first-order valence-electron chi connectivity index (χ1n) is 31.9. The van der Waals surface area contributed by atoms with Crippen LogP contribution < -0.4 is 42.0 Å². The van der Waals surface area contributed by atoms with E-state index in [-0.39, 0.29) is 131 Å². The zero-order valence-electron chi connectivity index (χ0n) is 56.7. The number of carbonyl (C=O) groups is 10. The van der Waals surface area contributed by atoms with E-state index < -0.39 is 95.7 Å². The molecule has 0 bridgehead atoms. The van der Waals surface area contributed by atoms with Crippen LogP contribution in [0, 0.1) is 17.8 Å². The molecule has 0 spiro atoms. The van der Waals surface area contributed by atoms with E-state index in [9.17, 15) is 53.1 Å². The highest BCUT2D eigenvalue weighted by Crippen LogP contribution is 2.32. The lowest BCUT2D eigenvalue weighted by atomic mass is 9.92. The fourth-order valence-corrected chi connectivity index (χ4v) is 9.89. The third-order valence-corrected chi connectivity index (χ3v) is 16.4. The van der Waals surface area contributed by atoms with Gasteiger partial charge in [0.1, 0.15) is 16.7 Å². The van der Waals surface area contributed by atoms with Gasteiger partial charge >= 0.3 is 17.9 Å². The van der Waals surface area contributed by atoms with E-state index in [1.165, 1.54) is 31.4 Å². The summed E-state index contributed by atoms with van der Waals surface area (Å²) >= 11 is 1.06. The number of carboxylic acids is 1. The zero-order chi connectivity index (χ0) is 69.8. The molecule has 8 N–H and O–H groups in total. The summed E-state index contributed by atoms with van der Waals surface area (Å²) in [4.78, 5) is 139. The van der Waals surface area contributed by atoms with Crippen LogP contribution in [0.1, 0.15) is 122 Å². The van der Waals surface area contributed by atoms with Crippen LogP contribution >= 0.6 is 11.3 Å². The van der Waals surface area contributed by atoms with Crippen molar-refractivity contribution in [1.29, 1.82) is 0 Å². The quantitative estimate of drug-likeness (QED) is 0.0740. The number of carboxylic acid groups (broad SMARTS) is 1. The fourth-order valence-electron chi connectivity index (χ4n) is 9.05. The molecule has 7 atom stereocenters. The minimum Gasteiger partial charge on any atom is -0.481 e. The first-order valence-corrected chi connectivity index (χ1v) is 32.8. The van der Waals surface area contributed by atoms with Crippen molar-refractivity contribution in [2.45, 2.75) is 137 Å². The van der Waals surface area contributed by atoms with Crippen LogP contribution in [-0.2, 0) is 82.7 Å². The van der Waals surface area contributed by atoms with Gasteiger partial charge in [-0.3, -0.25) is 52.8 Å². The number of aromatic nitrogens is 1. The van der Waals surface area contributed by atoms with Crippen molar-refractivity contribution >= 4 is 76.3 Å². The van der Waals surface area contributed by atoms with Crippen molar-refractivity contribution in [2.75, 3.05) is 132 Å². The van der Waals surface area contributed by atoms with E-state index in [1.807, 2.05) is 27.7 Å². The molecule has 7 amide bonds. The van der Waals surface area contributed by atoms with Gasteiger partial charge in [-0.15, -0.1) is 11.3 Å². The van der Waals surface area contributed by atoms with E-state index in [1.54, 1.807) is 57.8 Å². The van der Waals surface area contributed by atoms with Crippen molar-refractivity contribution in [1.82, 2.24) is 46.7 Å². The number of likely N-dealkylation sites (N-methyl/N-ethyl adjacent to an activating group) is 2. The Morgan fingerprint density at radius 2 is 1.35 bits per heavy atom. The Morgan fingerprint density at radius 3 is 1.90 bits per heavy atom. The first-order chi connectivity index (χ1) is 44.6. The third-order valence-electron chi connectivity index (χ3n) is 15.4. The molecule has 2 heterocycles. The summed E-state index contributed by atoms with van der Waals surface area (Å²) in [5, 5.41) is 31.3. The van der Waals surface area contributed by atoms with Gasteiger partial charge in [-0.25, -0.2) is 4.98 Å². The molecule has 528 valence electrons. The third kappa shape index (κ3) is 31.0. The SMILES string of the molecule is CC[C@H](C)[C@H](NC(=O)C(C)(C)N(C)C)C(=O)N(C)[C@H](C[C@@H](OC(C)=O)c1nc(C(=O)N[C@@H](Cc2ccc3c(c2)NC(=O)CNC(=O)C(C)NCCCOCCOCCOCCNC(=O)C=CC(=O)NCCOCCOCCOCCC(=O)O3)CC(C)C(=O)O)cs1)C(C)C. The highest BCUT2D eigenvalue weighted by molar-refractivity contribution is 7.09. The summed E-state index contributed by atoms with van der Waals surface area (Å²) in [7, 11) is 5.21. The van der Waals surface area contributed by atoms with Gasteiger partial charge in [-0.05, 0) is 90.2 Å². The van der Waals surface area contributed by atoms with Crippen LogP contribution in [-0.4, -0.2) is 235 Å². The number of anilines is 1. The number of nitrogens with zero attached hydrogens (tertiary/aromatic N) is 3. The Morgan fingerprint density at radius 1 is 0.777 bits per heavy atom. The van der Waals surface area contributed by atoms with Gasteiger partial charge in [0.05, 0.1) is 109 Å². The molecule has 1 aliphatic heterocycles. The molecule has 29 nitrogen and oxygen atoms in total. The largest absolute Gasteiger partial charge is 0.481 e. The van der Waals surface area contributed by atoms with Crippen LogP contribution in [0.5, 0.6) is 5.75 Å². The number of nitrogens with one attached hydrogen (secondary N) is 7. The van der Waals surface area contributed by atoms with Crippen molar-refractivity contribution in [3.8, 4) is 5.75 Å². The maximum atomic E-state index is 14.4. The average Bonchev–Trinajstić information content (AvgIpc) is 1.24. The van der Waals surface area contributed by atoms with Crippen LogP contribution in [0.2, 0.25) is 0 Å². The second kappa shape index (κ2) is 43.9. The summed E-state index contributed by atoms with van der Waals surface area (Å²) in [5.74, 6) is -7.29. The van der Waals surface area contributed by atoms with Crippen LogP contribution in [0.25, 0.3) is 0 Å². The Hall–Kier alpha value is -7.03. The Balaban J connectivity index is 1.82. The van der Waals surface area contributed by atoms with Gasteiger partial charge in [-0.1, -0.05) is 47.1 Å². The molecule has 0 fully saturated rings. The smallest absolute Gasteiger partial charge is 0.313 e. The maximum Gasteiger partial charge on any atom is 0.313 e. The predicted molar refractivity (Wildman–Crippen MR) is 349 cm³/mol. The molecule has 0 aliphatic carbocycles. The van der Waals surface area contributed by atoms with Crippen molar-refractivity contribution in [3.05, 3.63) is 52.0 Å². The number of esters is 2. The molecule has 2 unspecified atom stereocenters. The van der Waals surface area contributed by atoms with Crippen molar-refractivity contribution < 1.29 is 90.9 Å². The predicted octanol–water partition coefficient (Wildman–Crippen LogP) is 2.56. The molecule has 30 heteroatoms. The van der Waals surface area contributed by atoms with Crippen LogP contribution in [0.4, 0.5) is 5.69 Å². The second-order valence-corrected chi connectivity index (χ2v) is 24.6. The summed E-state index contributed by atoms with van der Waals surface area (Å²) in [5.41, 5.74) is -0.476. The summed E-state index contributed by atoms with van der Waals surface area (Å²) in [6.07, 6.45) is 2.22. The highest BCUT2D eigenvalue weighted by Gasteiger charge is 2.39. The minimum atomic E-state index is -1.13. The highest BCUT2D eigenvalue weighted by atomic mass is 32.1. The number of carbonyl (C=O) groups excluding carboxylic acids is 9. The number of hydrogen-bond acceptors (Lipinski definition) is 22. The number of hydrogen-bond donors (Lipinski definition) is 8. The Bertz CT molecular complexity index is 2760. The van der Waals surface area contributed by atoms with Gasteiger partial charge < -0.3 is 85.1 Å². The van der Waals surface area contributed by atoms with Gasteiger partial charge in [0.25, 0.3) is 5.91 Å². The molecule has 2 aromatic rings. The topological polar surface area (TPSA) is 368 Å². The van der Waals surface area contributed by atoms with Gasteiger partial charge in [-0.2, -0.15) is 0 Å². The Labute approximate surface area is 555 Å². The number of thiazole rings is 1. The van der Waals surface area contributed by atoms with E-state index >= 15 is 0 Å². The average molecular weight is 1350 g/mol. The van der Waals surface area contributed by atoms with Crippen LogP contribution in [0.15, 0.2) is 35.7 Å². The number of aliphatic carboxylic acids is 1. The minimum absolute atomic E-state index is 0.00321. The standard InChI is InChI=1S/C64H102N10O19S/c1-13-42(4)57(72-63(85)64(8,9)73(10)11)61(82)74(12)50(41(2)3)38-52(92-45(7)75)60-71-49(40-94-60)59(81)69-47(35-43(5)62(83)84)36-46-15-16-51-48(37-46)70-55(78)39-68-58(80)44(6)65-20-14-23-86-27-31-90-33-29-88-25-21-66-53(76)17-18-54(77)67-22-26-89-30-34-91-32-28-87-24-19-56(79)93-51/h15-18,37,40-44,47,50,52,57,65H,13-14,19-36,38-39H2,1-12H3,(H,66,76)(H,67,77)(H,68,80)(H,69,81)(H,70,78)(H,72,85)(H,83,84)/t42-,43?,44?,47+,50+,52+,57-/m0/s1. The lowest BCUT2D eigenvalue weighted by Gasteiger charge is -2.38. The number of fused-ring (bicyclic) bond motifs is 1. The number of amides is 7. The van der Waals surface area contributed by atoms with Crippen molar-refractivity contribution in [3.63, 3.8) is 0 Å². The van der Waals surface area contributed by atoms with E-state index in [2.05, 4.69) is 42.2 Å². The molecule has 3 rings (SSSR count). The maximum absolute atomic E-state index is 14.4. The van der Waals surface area contributed by atoms with Gasteiger partial charge in [0.2, 0.25) is 35.4 Å². The van der Waals surface area contributed by atoms with E-state index in [4.69, 9.17) is 37.9 Å². The lowest BCUT2D eigenvalue weighted by molar-refractivity contribution is -0.149. The summed E-state index contributed by atoms with van der Waals surface area (Å²) < 4.78 is 44.7. The van der Waals surface area contributed by atoms with Gasteiger partial charge in [0, 0.05) is 69.7 Å². The second-order valence-electron chi connectivity index (χ2n) is 23.7. The fraction of sp³-hybridized carbons (Fsp3) is 0.672.